The van der Waals surface area contributed by atoms with Gasteiger partial charge in [-0.05, 0) is 46.1 Å². The summed E-state index contributed by atoms with van der Waals surface area (Å²) in [6.07, 6.45) is 2.75. The summed E-state index contributed by atoms with van der Waals surface area (Å²) in [6, 6.07) is 10.6. The van der Waals surface area contributed by atoms with Crippen molar-refractivity contribution >= 4 is 15.9 Å². The first kappa shape index (κ1) is 16.0. The van der Waals surface area contributed by atoms with Crippen LogP contribution in [0.15, 0.2) is 41.0 Å². The summed E-state index contributed by atoms with van der Waals surface area (Å²) in [7, 11) is 0. The minimum absolute atomic E-state index is 0.417. The second-order valence-electron chi connectivity index (χ2n) is 5.26. The van der Waals surface area contributed by atoms with Crippen molar-refractivity contribution in [3.8, 4) is 11.6 Å². The number of pyridine rings is 1. The van der Waals surface area contributed by atoms with E-state index in [1.54, 1.807) is 6.20 Å². The highest BCUT2D eigenvalue weighted by molar-refractivity contribution is 9.10. The molecule has 3 nitrogen and oxygen atoms in total. The molecule has 2 rings (SSSR count). The van der Waals surface area contributed by atoms with Gasteiger partial charge in [0.1, 0.15) is 5.75 Å². The molecule has 112 valence electrons. The van der Waals surface area contributed by atoms with Gasteiger partial charge in [0.2, 0.25) is 5.88 Å². The highest BCUT2D eigenvalue weighted by atomic mass is 79.9. The Morgan fingerprint density at radius 2 is 2.10 bits per heavy atom. The monoisotopic (exact) mass is 348 g/mol. The van der Waals surface area contributed by atoms with Gasteiger partial charge in [-0.15, -0.1) is 0 Å². The van der Waals surface area contributed by atoms with Crippen LogP contribution in [0.2, 0.25) is 0 Å². The van der Waals surface area contributed by atoms with Gasteiger partial charge < -0.3 is 10.1 Å². The molecule has 4 heteroatoms. The molecule has 0 atom stereocenters. The summed E-state index contributed by atoms with van der Waals surface area (Å²) in [5.74, 6) is 1.48. The normalized spacial score (nSPS) is 10.9. The minimum Gasteiger partial charge on any atom is -0.439 e. The largest absolute Gasteiger partial charge is 0.439 e. The fourth-order valence-electron chi connectivity index (χ4n) is 1.94. The maximum atomic E-state index is 5.97. The third-order valence-electron chi connectivity index (χ3n) is 3.11. The number of halogens is 1. The average molecular weight is 349 g/mol. The van der Waals surface area contributed by atoms with E-state index < -0.39 is 0 Å². The number of nitrogens with one attached hydrogen (secondary N) is 1. The molecular weight excluding hydrogens is 328 g/mol. The number of aromatic nitrogens is 1. The molecule has 0 spiro atoms. The number of ether oxygens (including phenoxy) is 1. The van der Waals surface area contributed by atoms with Crippen molar-refractivity contribution in [1.82, 2.24) is 10.3 Å². The molecule has 2 aromatic rings. The van der Waals surface area contributed by atoms with Crippen LogP contribution in [0.5, 0.6) is 11.6 Å². The zero-order valence-electron chi connectivity index (χ0n) is 12.7. The SMILES string of the molecule is CCc1cccc(Oc2ncc(Br)cc2CNC(C)C)c1. The second-order valence-corrected chi connectivity index (χ2v) is 6.17. The molecule has 0 saturated carbocycles. The van der Waals surface area contributed by atoms with Crippen molar-refractivity contribution in [1.29, 1.82) is 0 Å². The Morgan fingerprint density at radius 3 is 2.81 bits per heavy atom. The maximum absolute atomic E-state index is 5.97. The van der Waals surface area contributed by atoms with Gasteiger partial charge in [0.15, 0.2) is 0 Å². The van der Waals surface area contributed by atoms with E-state index in [0.29, 0.717) is 11.9 Å². The number of nitrogens with zero attached hydrogens (tertiary/aromatic N) is 1. The minimum atomic E-state index is 0.417. The Bertz CT molecular complexity index is 599. The van der Waals surface area contributed by atoms with Gasteiger partial charge in [0, 0.05) is 28.8 Å². The summed E-state index contributed by atoms with van der Waals surface area (Å²) in [5, 5.41) is 3.40. The molecule has 21 heavy (non-hydrogen) atoms. The van der Waals surface area contributed by atoms with Crippen LogP contribution in [0.1, 0.15) is 31.9 Å². The van der Waals surface area contributed by atoms with Crippen LogP contribution in [-0.4, -0.2) is 11.0 Å². The van der Waals surface area contributed by atoms with E-state index in [1.165, 1.54) is 5.56 Å². The van der Waals surface area contributed by atoms with Crippen LogP contribution in [0.25, 0.3) is 0 Å². The predicted molar refractivity (Wildman–Crippen MR) is 89.8 cm³/mol. The fourth-order valence-corrected chi connectivity index (χ4v) is 2.32. The van der Waals surface area contributed by atoms with Crippen molar-refractivity contribution in [3.05, 3.63) is 52.1 Å². The Kier molecular flexibility index (Phi) is 5.76. The zero-order chi connectivity index (χ0) is 15.2. The molecule has 0 aliphatic carbocycles. The number of benzene rings is 1. The highest BCUT2D eigenvalue weighted by Crippen LogP contribution is 2.26. The van der Waals surface area contributed by atoms with Gasteiger partial charge in [-0.2, -0.15) is 0 Å². The van der Waals surface area contributed by atoms with Crippen molar-refractivity contribution < 1.29 is 4.74 Å². The van der Waals surface area contributed by atoms with E-state index in [0.717, 1.165) is 28.8 Å². The molecule has 1 heterocycles. The molecule has 1 aromatic carbocycles. The first-order valence-corrected chi connectivity index (χ1v) is 8.02. The maximum Gasteiger partial charge on any atom is 0.223 e. The Hall–Kier alpha value is -1.39. The quantitative estimate of drug-likeness (QED) is 0.821. The average Bonchev–Trinajstić information content (AvgIpc) is 2.47. The van der Waals surface area contributed by atoms with E-state index in [4.69, 9.17) is 4.74 Å². The molecule has 0 bridgehead atoms. The Morgan fingerprint density at radius 1 is 1.29 bits per heavy atom. The molecule has 0 amide bonds. The molecule has 0 fully saturated rings. The van der Waals surface area contributed by atoms with E-state index in [1.807, 2.05) is 18.2 Å². The van der Waals surface area contributed by atoms with Crippen molar-refractivity contribution in [3.63, 3.8) is 0 Å². The molecule has 1 N–H and O–H groups in total. The molecule has 0 aliphatic heterocycles. The van der Waals surface area contributed by atoms with Gasteiger partial charge in [-0.25, -0.2) is 4.98 Å². The molecule has 1 aromatic heterocycles. The Balaban J connectivity index is 2.21. The van der Waals surface area contributed by atoms with Crippen molar-refractivity contribution in [2.45, 2.75) is 39.8 Å². The fraction of sp³-hybridized carbons (Fsp3) is 0.353. The van der Waals surface area contributed by atoms with Crippen molar-refractivity contribution in [2.75, 3.05) is 0 Å². The lowest BCUT2D eigenvalue weighted by molar-refractivity contribution is 0.449. The number of rotatable bonds is 6. The van der Waals surface area contributed by atoms with Gasteiger partial charge in [-0.3, -0.25) is 0 Å². The van der Waals surface area contributed by atoms with Gasteiger partial charge in [-0.1, -0.05) is 32.9 Å². The highest BCUT2D eigenvalue weighted by Gasteiger charge is 2.09. The van der Waals surface area contributed by atoms with Crippen LogP contribution >= 0.6 is 15.9 Å². The number of hydrogen-bond donors (Lipinski definition) is 1. The summed E-state index contributed by atoms with van der Waals surface area (Å²) in [4.78, 5) is 4.40. The molecule has 0 aliphatic rings. The van der Waals surface area contributed by atoms with Crippen LogP contribution < -0.4 is 10.1 Å². The lowest BCUT2D eigenvalue weighted by atomic mass is 10.2. The standard InChI is InChI=1S/C17H21BrN2O/c1-4-13-6-5-7-16(8-13)21-17-14(10-19-12(2)3)9-15(18)11-20-17/h5-9,11-12,19H,4,10H2,1-3H3. The van der Waals surface area contributed by atoms with E-state index >= 15 is 0 Å². The smallest absolute Gasteiger partial charge is 0.223 e. The van der Waals surface area contributed by atoms with Gasteiger partial charge >= 0.3 is 0 Å². The molecule has 0 saturated heterocycles. The number of aryl methyl sites for hydroxylation is 1. The van der Waals surface area contributed by atoms with Crippen LogP contribution in [0, 0.1) is 0 Å². The van der Waals surface area contributed by atoms with Crippen LogP contribution in [-0.2, 0) is 13.0 Å². The van der Waals surface area contributed by atoms with Gasteiger partial charge in [0.25, 0.3) is 0 Å². The lowest BCUT2D eigenvalue weighted by Crippen LogP contribution is -2.22. The first-order valence-electron chi connectivity index (χ1n) is 7.23. The lowest BCUT2D eigenvalue weighted by Gasteiger charge is -2.13. The zero-order valence-corrected chi connectivity index (χ0v) is 14.3. The molecular formula is C17H21BrN2O. The summed E-state index contributed by atoms with van der Waals surface area (Å²) in [6.45, 7) is 7.11. The predicted octanol–water partition coefficient (Wildman–Crippen LogP) is 4.70. The van der Waals surface area contributed by atoms with E-state index in [9.17, 15) is 0 Å². The molecule has 0 unspecified atom stereocenters. The summed E-state index contributed by atoms with van der Waals surface area (Å²) < 4.78 is 6.92. The van der Waals surface area contributed by atoms with E-state index in [2.05, 4.69) is 59.1 Å². The molecule has 0 radical (unpaired) electrons. The van der Waals surface area contributed by atoms with Crippen LogP contribution in [0.4, 0.5) is 0 Å². The van der Waals surface area contributed by atoms with Crippen molar-refractivity contribution in [2.24, 2.45) is 0 Å². The third kappa shape index (κ3) is 4.83. The third-order valence-corrected chi connectivity index (χ3v) is 3.55. The van der Waals surface area contributed by atoms with E-state index in [-0.39, 0.29) is 0 Å². The summed E-state index contributed by atoms with van der Waals surface area (Å²) >= 11 is 3.47. The Labute approximate surface area is 134 Å². The first-order chi connectivity index (χ1) is 10.1. The topological polar surface area (TPSA) is 34.1 Å². The van der Waals surface area contributed by atoms with Gasteiger partial charge in [0.05, 0.1) is 0 Å². The second kappa shape index (κ2) is 7.57. The van der Waals surface area contributed by atoms with Crippen LogP contribution in [0.3, 0.4) is 0 Å². The summed E-state index contributed by atoms with van der Waals surface area (Å²) in [5.41, 5.74) is 2.30. The number of hydrogen-bond acceptors (Lipinski definition) is 3.